The molecule has 1 fully saturated rings. The predicted molar refractivity (Wildman–Crippen MR) is 67.3 cm³/mol. The minimum absolute atomic E-state index is 0.467. The van der Waals surface area contributed by atoms with Gasteiger partial charge in [0.25, 0.3) is 5.79 Å². The number of rotatable bonds is 2. The summed E-state index contributed by atoms with van der Waals surface area (Å²) in [7, 11) is 0. The second kappa shape index (κ2) is 5.56. The van der Waals surface area contributed by atoms with E-state index in [0.29, 0.717) is 12.1 Å². The van der Waals surface area contributed by atoms with Gasteiger partial charge in [0.05, 0.1) is 0 Å². The van der Waals surface area contributed by atoms with Crippen LogP contribution in [-0.2, 0) is 19.1 Å². The summed E-state index contributed by atoms with van der Waals surface area (Å²) >= 11 is 0. The lowest BCUT2D eigenvalue weighted by Crippen LogP contribution is -2.41. The molecule has 0 aromatic heterocycles. The quantitative estimate of drug-likeness (QED) is 0.360. The number of hydrogen-bond donors (Lipinski definition) is 0. The van der Waals surface area contributed by atoms with Crippen LogP contribution in [0.2, 0.25) is 0 Å². The zero-order valence-electron chi connectivity index (χ0n) is 11.9. The first-order chi connectivity index (χ1) is 10.5. The number of benzene rings is 1. The van der Waals surface area contributed by atoms with Crippen molar-refractivity contribution >= 4 is 18.0 Å². The summed E-state index contributed by atoms with van der Waals surface area (Å²) in [6.07, 6.45) is -4.31. The zero-order chi connectivity index (χ0) is 17.4. The van der Waals surface area contributed by atoms with E-state index in [1.165, 1.54) is 13.8 Å². The Morgan fingerprint density at radius 3 is 2.22 bits per heavy atom. The second-order valence-corrected chi connectivity index (χ2v) is 4.97. The molecule has 0 spiro atoms. The Kier molecular flexibility index (Phi) is 4.06. The molecule has 9 heteroatoms. The molecule has 0 N–H and O–H groups in total. The average Bonchev–Trinajstić information content (AvgIpc) is 2.34. The summed E-state index contributed by atoms with van der Waals surface area (Å²) in [4.78, 5) is 23.5. The van der Waals surface area contributed by atoms with E-state index in [2.05, 4.69) is 4.74 Å². The molecule has 0 bridgehead atoms. The molecule has 5 nitrogen and oxygen atoms in total. The fraction of sp³-hybridized carbons (Fsp3) is 0.286. The van der Waals surface area contributed by atoms with Gasteiger partial charge in [0, 0.05) is 19.4 Å². The average molecular weight is 334 g/mol. The number of alkyl halides is 3. The standard InChI is InChI=1S/C14H10F4O5/c1-13(2)22-11(19)9(12(20)23-13)6-7-5-8(15)3-4-10(7)21-14(16,17)18/h3-6H,1-2H3. The molecular formula is C14H10F4O5. The molecule has 23 heavy (non-hydrogen) atoms. The van der Waals surface area contributed by atoms with E-state index in [0.717, 1.165) is 12.1 Å². The number of halogens is 4. The number of cyclic esters (lactones) is 2. The van der Waals surface area contributed by atoms with Crippen molar-refractivity contribution in [1.29, 1.82) is 0 Å². The van der Waals surface area contributed by atoms with Crippen LogP contribution in [-0.4, -0.2) is 24.1 Å². The van der Waals surface area contributed by atoms with E-state index < -0.39 is 46.8 Å². The van der Waals surface area contributed by atoms with E-state index in [9.17, 15) is 27.2 Å². The molecule has 0 unspecified atom stereocenters. The maximum atomic E-state index is 13.3. The summed E-state index contributed by atoms with van der Waals surface area (Å²) in [5, 5.41) is 0. The Bertz CT molecular complexity index is 669. The van der Waals surface area contributed by atoms with Crippen molar-refractivity contribution in [2.24, 2.45) is 0 Å². The number of carbonyl (C=O) groups is 2. The minimum atomic E-state index is -5.03. The van der Waals surface area contributed by atoms with Gasteiger partial charge in [0.2, 0.25) is 0 Å². The molecule has 0 atom stereocenters. The van der Waals surface area contributed by atoms with Gasteiger partial charge in [0.15, 0.2) is 0 Å². The van der Waals surface area contributed by atoms with Crippen LogP contribution in [0.25, 0.3) is 6.08 Å². The van der Waals surface area contributed by atoms with E-state index in [1.807, 2.05) is 0 Å². The largest absolute Gasteiger partial charge is 0.573 e. The monoisotopic (exact) mass is 334 g/mol. The van der Waals surface area contributed by atoms with E-state index in [1.54, 1.807) is 0 Å². The van der Waals surface area contributed by atoms with Gasteiger partial charge in [-0.05, 0) is 24.3 Å². The fourth-order valence-corrected chi connectivity index (χ4v) is 1.78. The molecule has 0 aliphatic carbocycles. The molecule has 1 aromatic carbocycles. The van der Waals surface area contributed by atoms with Crippen LogP contribution in [0.4, 0.5) is 17.6 Å². The molecule has 2 rings (SSSR count). The van der Waals surface area contributed by atoms with Crippen LogP contribution in [0.15, 0.2) is 23.8 Å². The molecule has 1 aliphatic heterocycles. The molecule has 1 saturated heterocycles. The highest BCUT2D eigenvalue weighted by Gasteiger charge is 2.39. The van der Waals surface area contributed by atoms with Crippen molar-refractivity contribution in [3.8, 4) is 5.75 Å². The molecule has 0 radical (unpaired) electrons. The normalized spacial score (nSPS) is 17.4. The zero-order valence-corrected chi connectivity index (χ0v) is 11.9. The van der Waals surface area contributed by atoms with Gasteiger partial charge >= 0.3 is 18.3 Å². The Morgan fingerprint density at radius 2 is 1.70 bits per heavy atom. The first-order valence-electron chi connectivity index (χ1n) is 6.20. The number of ether oxygens (including phenoxy) is 3. The first kappa shape index (κ1) is 16.8. The van der Waals surface area contributed by atoms with Crippen molar-refractivity contribution in [3.63, 3.8) is 0 Å². The topological polar surface area (TPSA) is 61.8 Å². The summed E-state index contributed by atoms with van der Waals surface area (Å²) in [6.45, 7) is 2.61. The van der Waals surface area contributed by atoms with Crippen molar-refractivity contribution in [3.05, 3.63) is 35.2 Å². The third-order valence-electron chi connectivity index (χ3n) is 2.61. The van der Waals surface area contributed by atoms with Gasteiger partial charge in [-0.25, -0.2) is 14.0 Å². The first-order valence-corrected chi connectivity index (χ1v) is 6.20. The van der Waals surface area contributed by atoms with Gasteiger partial charge in [-0.2, -0.15) is 0 Å². The number of esters is 2. The SMILES string of the molecule is CC1(C)OC(=O)C(=Cc2cc(F)ccc2OC(F)(F)F)C(=O)O1. The van der Waals surface area contributed by atoms with Gasteiger partial charge in [-0.1, -0.05) is 0 Å². The molecule has 124 valence electrons. The molecule has 0 amide bonds. The Balaban J connectivity index is 2.44. The summed E-state index contributed by atoms with van der Waals surface area (Å²) in [6, 6.07) is 2.14. The van der Waals surface area contributed by atoms with Crippen molar-refractivity contribution in [2.45, 2.75) is 26.0 Å². The van der Waals surface area contributed by atoms with E-state index in [4.69, 9.17) is 9.47 Å². The summed E-state index contributed by atoms with van der Waals surface area (Å²) in [5.41, 5.74) is -1.15. The maximum absolute atomic E-state index is 13.3. The lowest BCUT2D eigenvalue weighted by Gasteiger charge is -2.29. The number of carbonyl (C=O) groups excluding carboxylic acids is 2. The van der Waals surface area contributed by atoms with Crippen molar-refractivity contribution in [2.75, 3.05) is 0 Å². The Labute approximate surface area is 127 Å². The molecule has 1 aliphatic rings. The van der Waals surface area contributed by atoms with Gasteiger partial charge in [-0.3, -0.25) is 0 Å². The Morgan fingerprint density at radius 1 is 1.13 bits per heavy atom. The highest BCUT2D eigenvalue weighted by atomic mass is 19.4. The van der Waals surface area contributed by atoms with Crippen LogP contribution in [0.3, 0.4) is 0 Å². The summed E-state index contributed by atoms with van der Waals surface area (Å²) in [5.74, 6) is -5.37. The Hall–Kier alpha value is -2.58. The van der Waals surface area contributed by atoms with Crippen LogP contribution in [0, 0.1) is 5.82 Å². The van der Waals surface area contributed by atoms with Crippen LogP contribution in [0.5, 0.6) is 5.75 Å². The molecule has 0 saturated carbocycles. The molecule has 1 heterocycles. The van der Waals surface area contributed by atoms with Gasteiger partial charge in [-0.15, -0.1) is 13.2 Å². The van der Waals surface area contributed by atoms with Gasteiger partial charge in [0.1, 0.15) is 17.1 Å². The van der Waals surface area contributed by atoms with Crippen LogP contribution >= 0.6 is 0 Å². The molecule has 1 aromatic rings. The highest BCUT2D eigenvalue weighted by molar-refractivity contribution is 6.19. The van der Waals surface area contributed by atoms with Crippen LogP contribution < -0.4 is 4.74 Å². The number of hydrogen-bond acceptors (Lipinski definition) is 5. The smallest absolute Gasteiger partial charge is 0.419 e. The lowest BCUT2D eigenvalue weighted by molar-refractivity contribution is -0.274. The van der Waals surface area contributed by atoms with E-state index in [-0.39, 0.29) is 0 Å². The van der Waals surface area contributed by atoms with E-state index >= 15 is 0 Å². The predicted octanol–water partition coefficient (Wildman–Crippen LogP) is 2.94. The third-order valence-corrected chi connectivity index (χ3v) is 2.61. The van der Waals surface area contributed by atoms with Gasteiger partial charge < -0.3 is 14.2 Å². The minimum Gasteiger partial charge on any atom is -0.419 e. The fourth-order valence-electron chi connectivity index (χ4n) is 1.78. The highest BCUT2D eigenvalue weighted by Crippen LogP contribution is 2.30. The third kappa shape index (κ3) is 4.21. The second-order valence-electron chi connectivity index (χ2n) is 4.97. The van der Waals surface area contributed by atoms with Crippen molar-refractivity contribution < 1.29 is 41.4 Å². The summed E-state index contributed by atoms with van der Waals surface area (Å²) < 4.78 is 63.6. The van der Waals surface area contributed by atoms with Crippen LogP contribution in [0.1, 0.15) is 19.4 Å². The molecular weight excluding hydrogens is 324 g/mol. The lowest BCUT2D eigenvalue weighted by atomic mass is 10.1. The van der Waals surface area contributed by atoms with Crippen molar-refractivity contribution in [1.82, 2.24) is 0 Å². The maximum Gasteiger partial charge on any atom is 0.573 e.